The fourth-order valence-electron chi connectivity index (χ4n) is 0.889. The van der Waals surface area contributed by atoms with Crippen LogP contribution in [0.4, 0.5) is 0 Å². The van der Waals surface area contributed by atoms with Gasteiger partial charge in [0.15, 0.2) is 8.32 Å². The van der Waals surface area contributed by atoms with Gasteiger partial charge in [-0.05, 0) is 32.6 Å². The Morgan fingerprint density at radius 3 is 2.36 bits per heavy atom. The zero-order chi connectivity index (χ0) is 11.2. The zero-order valence-corrected chi connectivity index (χ0v) is 10.7. The van der Waals surface area contributed by atoms with Gasteiger partial charge in [-0.15, -0.1) is 0 Å². The van der Waals surface area contributed by atoms with Gasteiger partial charge in [-0.2, -0.15) is 0 Å². The number of esters is 1. The van der Waals surface area contributed by atoms with Crippen LogP contribution in [0, 0.1) is 0 Å². The van der Waals surface area contributed by atoms with Crippen molar-refractivity contribution in [2.75, 3.05) is 6.61 Å². The normalized spacial score (nSPS) is 14.4. The maximum atomic E-state index is 10.8. The Kier molecular flexibility index (Phi) is 5.72. The van der Waals surface area contributed by atoms with E-state index in [0.717, 1.165) is 0 Å². The largest absolute Gasteiger partial charge is 0.456 e. The SMILES string of the molecule is C/C=C/C(CO[Si](C)(C)C)OC(C)=O. The van der Waals surface area contributed by atoms with Crippen molar-refractivity contribution in [3.05, 3.63) is 12.2 Å². The van der Waals surface area contributed by atoms with E-state index in [0.29, 0.717) is 6.61 Å². The lowest BCUT2D eigenvalue weighted by Crippen LogP contribution is -2.31. The van der Waals surface area contributed by atoms with Crippen LogP contribution in [0.15, 0.2) is 12.2 Å². The van der Waals surface area contributed by atoms with Crippen LogP contribution < -0.4 is 0 Å². The van der Waals surface area contributed by atoms with Crippen molar-refractivity contribution in [1.29, 1.82) is 0 Å². The Morgan fingerprint density at radius 1 is 1.43 bits per heavy atom. The minimum Gasteiger partial charge on any atom is -0.456 e. The lowest BCUT2D eigenvalue weighted by molar-refractivity contribution is -0.145. The average Bonchev–Trinajstić information content (AvgIpc) is 1.98. The first-order valence-corrected chi connectivity index (χ1v) is 8.20. The van der Waals surface area contributed by atoms with Gasteiger partial charge in [-0.1, -0.05) is 6.08 Å². The van der Waals surface area contributed by atoms with Crippen LogP contribution in [0.25, 0.3) is 0 Å². The molecule has 0 heterocycles. The molecule has 0 aliphatic heterocycles. The van der Waals surface area contributed by atoms with E-state index < -0.39 is 8.32 Å². The molecule has 0 rings (SSSR count). The maximum absolute atomic E-state index is 10.8. The Hall–Kier alpha value is -0.613. The molecule has 0 aromatic rings. The number of carbonyl (C=O) groups is 1. The summed E-state index contributed by atoms with van der Waals surface area (Å²) in [6.07, 6.45) is 3.45. The Bertz CT molecular complexity index is 206. The molecule has 1 unspecified atom stereocenters. The summed E-state index contributed by atoms with van der Waals surface area (Å²) in [5.41, 5.74) is 0. The second-order valence-corrected chi connectivity index (χ2v) is 8.61. The maximum Gasteiger partial charge on any atom is 0.303 e. The summed E-state index contributed by atoms with van der Waals surface area (Å²) in [6, 6.07) is 0. The second kappa shape index (κ2) is 5.98. The standard InChI is InChI=1S/C10H20O3Si/c1-6-7-10(13-9(2)11)8-12-14(3,4)5/h6-7,10H,8H2,1-5H3/b7-6+. The minimum absolute atomic E-state index is 0.246. The molecule has 4 heteroatoms. The third kappa shape index (κ3) is 8.01. The van der Waals surface area contributed by atoms with Gasteiger partial charge in [0.05, 0.1) is 6.61 Å². The van der Waals surface area contributed by atoms with Crippen molar-refractivity contribution in [2.24, 2.45) is 0 Å². The van der Waals surface area contributed by atoms with Crippen LogP contribution in [0.2, 0.25) is 19.6 Å². The number of allylic oxidation sites excluding steroid dienone is 1. The van der Waals surface area contributed by atoms with Gasteiger partial charge in [0.1, 0.15) is 6.10 Å². The summed E-state index contributed by atoms with van der Waals surface area (Å²) in [4.78, 5) is 10.8. The third-order valence-electron chi connectivity index (χ3n) is 1.41. The Labute approximate surface area is 87.2 Å². The Balaban J connectivity index is 4.04. The molecule has 0 aliphatic rings. The van der Waals surface area contributed by atoms with Crippen molar-refractivity contribution in [3.63, 3.8) is 0 Å². The van der Waals surface area contributed by atoms with Crippen LogP contribution >= 0.6 is 0 Å². The van der Waals surface area contributed by atoms with Gasteiger partial charge in [-0.3, -0.25) is 4.79 Å². The van der Waals surface area contributed by atoms with Gasteiger partial charge < -0.3 is 9.16 Å². The fraction of sp³-hybridized carbons (Fsp3) is 0.700. The molecule has 3 nitrogen and oxygen atoms in total. The lowest BCUT2D eigenvalue weighted by Gasteiger charge is -2.21. The van der Waals surface area contributed by atoms with Crippen LogP contribution in [0.3, 0.4) is 0 Å². The highest BCUT2D eigenvalue weighted by atomic mass is 28.4. The molecule has 82 valence electrons. The van der Waals surface area contributed by atoms with E-state index in [-0.39, 0.29) is 12.1 Å². The molecule has 0 radical (unpaired) electrons. The predicted molar refractivity (Wildman–Crippen MR) is 59.7 cm³/mol. The molecule has 0 spiro atoms. The smallest absolute Gasteiger partial charge is 0.303 e. The molecule has 0 aromatic carbocycles. The van der Waals surface area contributed by atoms with Crippen LogP contribution in [-0.4, -0.2) is 27.0 Å². The molecule has 0 saturated heterocycles. The van der Waals surface area contributed by atoms with Crippen LogP contribution in [0.1, 0.15) is 13.8 Å². The molecular weight excluding hydrogens is 196 g/mol. The predicted octanol–water partition coefficient (Wildman–Crippen LogP) is 2.35. The van der Waals surface area contributed by atoms with E-state index in [1.807, 2.05) is 19.1 Å². The lowest BCUT2D eigenvalue weighted by atomic mass is 10.3. The number of carbonyl (C=O) groups excluding carboxylic acids is 1. The van der Waals surface area contributed by atoms with Crippen LogP contribution in [-0.2, 0) is 14.0 Å². The molecule has 0 saturated carbocycles. The quantitative estimate of drug-likeness (QED) is 0.402. The first kappa shape index (κ1) is 13.4. The number of hydrogen-bond donors (Lipinski definition) is 0. The molecule has 14 heavy (non-hydrogen) atoms. The molecule has 0 bridgehead atoms. The van der Waals surface area contributed by atoms with Gasteiger partial charge >= 0.3 is 5.97 Å². The summed E-state index contributed by atoms with van der Waals surface area (Å²) >= 11 is 0. The summed E-state index contributed by atoms with van der Waals surface area (Å²) in [5, 5.41) is 0. The van der Waals surface area contributed by atoms with Crippen molar-refractivity contribution in [3.8, 4) is 0 Å². The number of hydrogen-bond acceptors (Lipinski definition) is 3. The number of rotatable bonds is 5. The molecule has 0 aliphatic carbocycles. The fourth-order valence-corrected chi connectivity index (χ4v) is 1.55. The molecular formula is C10H20O3Si. The van der Waals surface area contributed by atoms with Crippen LogP contribution in [0.5, 0.6) is 0 Å². The third-order valence-corrected chi connectivity index (χ3v) is 2.44. The molecule has 0 fully saturated rings. The molecule has 0 N–H and O–H groups in total. The van der Waals surface area contributed by atoms with Gasteiger partial charge in [-0.25, -0.2) is 0 Å². The average molecular weight is 216 g/mol. The Morgan fingerprint density at radius 2 is 2.00 bits per heavy atom. The summed E-state index contributed by atoms with van der Waals surface area (Å²) < 4.78 is 10.7. The summed E-state index contributed by atoms with van der Waals surface area (Å²) in [7, 11) is -1.53. The van der Waals surface area contributed by atoms with E-state index in [1.165, 1.54) is 6.92 Å². The van der Waals surface area contributed by atoms with Crippen molar-refractivity contribution < 1.29 is 14.0 Å². The summed E-state index contributed by atoms with van der Waals surface area (Å²) in [5.74, 6) is -0.271. The van der Waals surface area contributed by atoms with Gasteiger partial charge in [0.25, 0.3) is 0 Å². The van der Waals surface area contributed by atoms with E-state index in [9.17, 15) is 4.79 Å². The van der Waals surface area contributed by atoms with Crippen molar-refractivity contribution in [1.82, 2.24) is 0 Å². The summed E-state index contributed by atoms with van der Waals surface area (Å²) in [6.45, 7) is 10.1. The monoisotopic (exact) mass is 216 g/mol. The highest BCUT2D eigenvalue weighted by Crippen LogP contribution is 2.06. The van der Waals surface area contributed by atoms with Crippen molar-refractivity contribution in [2.45, 2.75) is 39.6 Å². The van der Waals surface area contributed by atoms with E-state index in [2.05, 4.69) is 19.6 Å². The molecule has 1 atom stereocenters. The molecule has 0 amide bonds. The number of ether oxygens (including phenoxy) is 1. The zero-order valence-electron chi connectivity index (χ0n) is 9.66. The minimum atomic E-state index is -1.53. The highest BCUT2D eigenvalue weighted by Gasteiger charge is 2.17. The first-order valence-electron chi connectivity index (χ1n) is 4.79. The van der Waals surface area contributed by atoms with Gasteiger partial charge in [0.2, 0.25) is 0 Å². The van der Waals surface area contributed by atoms with Gasteiger partial charge in [0, 0.05) is 6.92 Å². The van der Waals surface area contributed by atoms with E-state index in [4.69, 9.17) is 9.16 Å². The highest BCUT2D eigenvalue weighted by molar-refractivity contribution is 6.69. The topological polar surface area (TPSA) is 35.5 Å². The van der Waals surface area contributed by atoms with Crippen molar-refractivity contribution >= 4 is 14.3 Å². The van der Waals surface area contributed by atoms with E-state index in [1.54, 1.807) is 0 Å². The molecule has 0 aromatic heterocycles. The second-order valence-electron chi connectivity index (χ2n) is 4.10. The van der Waals surface area contributed by atoms with E-state index >= 15 is 0 Å². The first-order chi connectivity index (χ1) is 6.35.